The van der Waals surface area contributed by atoms with Gasteiger partial charge in [0.15, 0.2) is 22.6 Å². The van der Waals surface area contributed by atoms with Gasteiger partial charge in [0.2, 0.25) is 11.8 Å². The van der Waals surface area contributed by atoms with Crippen LogP contribution >= 0.6 is 11.8 Å². The van der Waals surface area contributed by atoms with Crippen LogP contribution in [0.3, 0.4) is 0 Å². The van der Waals surface area contributed by atoms with Crippen LogP contribution in [0.5, 0.6) is 0 Å². The summed E-state index contributed by atoms with van der Waals surface area (Å²) >= 11 is 0.989. The third kappa shape index (κ3) is 5.12. The van der Waals surface area contributed by atoms with E-state index in [4.69, 9.17) is 0 Å². The van der Waals surface area contributed by atoms with Gasteiger partial charge in [-0.05, 0) is 32.9 Å². The van der Waals surface area contributed by atoms with Gasteiger partial charge >= 0.3 is 0 Å². The first-order valence-corrected chi connectivity index (χ1v) is 8.93. The Kier molecular flexibility index (Phi) is 6.84. The van der Waals surface area contributed by atoms with Gasteiger partial charge in [0.25, 0.3) is 5.56 Å². The standard InChI is InChI=1S/C17H17F3N4O3S/c1-7-8(2)22-17(24-15(7)26)28-9(3)16(27)21-6-12(25)23-11-5-4-10(18)13(19)14(11)20/h4-5,9H,6H2,1-3H3,(H,21,27)(H,23,25)(H,22,24,26)/t9-/m0/s1. The quantitative estimate of drug-likeness (QED) is 0.381. The zero-order valence-corrected chi connectivity index (χ0v) is 16.0. The Morgan fingerprint density at radius 1 is 1.21 bits per heavy atom. The number of rotatable bonds is 6. The maximum Gasteiger partial charge on any atom is 0.254 e. The molecule has 0 bridgehead atoms. The minimum atomic E-state index is -1.71. The molecule has 28 heavy (non-hydrogen) atoms. The van der Waals surface area contributed by atoms with E-state index in [9.17, 15) is 27.6 Å². The van der Waals surface area contributed by atoms with E-state index in [0.29, 0.717) is 17.3 Å². The predicted octanol–water partition coefficient (Wildman–Crippen LogP) is 2.04. The van der Waals surface area contributed by atoms with Crippen LogP contribution in [-0.4, -0.2) is 33.6 Å². The summed E-state index contributed by atoms with van der Waals surface area (Å²) in [5.74, 6) is -5.98. The number of benzene rings is 1. The van der Waals surface area contributed by atoms with E-state index in [1.165, 1.54) is 0 Å². The van der Waals surface area contributed by atoms with Crippen LogP contribution in [0.25, 0.3) is 0 Å². The van der Waals surface area contributed by atoms with Crippen LogP contribution < -0.4 is 16.2 Å². The Morgan fingerprint density at radius 2 is 1.89 bits per heavy atom. The second-order valence-electron chi connectivity index (χ2n) is 5.83. The highest BCUT2D eigenvalue weighted by atomic mass is 32.2. The predicted molar refractivity (Wildman–Crippen MR) is 97.6 cm³/mol. The molecule has 0 unspecified atom stereocenters. The number of aromatic nitrogens is 2. The van der Waals surface area contributed by atoms with Gasteiger partial charge in [0.05, 0.1) is 17.5 Å². The molecule has 0 saturated carbocycles. The number of nitrogens with zero attached hydrogens (tertiary/aromatic N) is 1. The SMILES string of the molecule is Cc1nc(S[C@@H](C)C(=O)NCC(=O)Nc2ccc(F)c(F)c2F)[nH]c(=O)c1C. The third-order valence-corrected chi connectivity index (χ3v) is 4.75. The van der Waals surface area contributed by atoms with Crippen molar-refractivity contribution in [2.24, 2.45) is 0 Å². The fraction of sp³-hybridized carbons (Fsp3) is 0.294. The third-order valence-electron chi connectivity index (χ3n) is 3.76. The van der Waals surface area contributed by atoms with Gasteiger partial charge in [-0.15, -0.1) is 0 Å². The smallest absolute Gasteiger partial charge is 0.254 e. The average Bonchev–Trinajstić information content (AvgIpc) is 2.64. The monoisotopic (exact) mass is 414 g/mol. The molecule has 1 aromatic carbocycles. The normalized spacial score (nSPS) is 11.8. The molecule has 3 N–H and O–H groups in total. The minimum Gasteiger partial charge on any atom is -0.346 e. The van der Waals surface area contributed by atoms with Gasteiger partial charge < -0.3 is 15.6 Å². The molecule has 0 aliphatic carbocycles. The highest BCUT2D eigenvalue weighted by molar-refractivity contribution is 8.00. The van der Waals surface area contributed by atoms with Crippen molar-refractivity contribution in [1.82, 2.24) is 15.3 Å². The van der Waals surface area contributed by atoms with Crippen LogP contribution in [0.4, 0.5) is 18.9 Å². The maximum absolute atomic E-state index is 13.5. The largest absolute Gasteiger partial charge is 0.346 e. The van der Waals surface area contributed by atoms with E-state index in [1.807, 2.05) is 5.32 Å². The van der Waals surface area contributed by atoms with Crippen LogP contribution in [0, 0.1) is 31.3 Å². The van der Waals surface area contributed by atoms with Crippen molar-refractivity contribution in [3.8, 4) is 0 Å². The summed E-state index contributed by atoms with van der Waals surface area (Å²) in [5, 5.41) is 3.93. The molecule has 2 amide bonds. The van der Waals surface area contributed by atoms with Gasteiger partial charge in [-0.25, -0.2) is 18.2 Å². The van der Waals surface area contributed by atoms with Crippen molar-refractivity contribution in [2.45, 2.75) is 31.2 Å². The summed E-state index contributed by atoms with van der Waals surface area (Å²) in [6.45, 7) is 4.32. The number of thioether (sulfide) groups is 1. The summed E-state index contributed by atoms with van der Waals surface area (Å²) in [5.41, 5.74) is 0.155. The first-order chi connectivity index (χ1) is 13.1. The molecule has 0 aliphatic heterocycles. The molecule has 150 valence electrons. The molecule has 2 aromatic rings. The summed E-state index contributed by atoms with van der Waals surface area (Å²) in [7, 11) is 0. The van der Waals surface area contributed by atoms with Crippen LogP contribution in [0.2, 0.25) is 0 Å². The van der Waals surface area contributed by atoms with Crippen molar-refractivity contribution in [3.63, 3.8) is 0 Å². The highest BCUT2D eigenvalue weighted by Crippen LogP contribution is 2.20. The molecule has 1 atom stereocenters. The van der Waals surface area contributed by atoms with E-state index >= 15 is 0 Å². The fourth-order valence-electron chi connectivity index (χ4n) is 2.02. The van der Waals surface area contributed by atoms with Crippen molar-refractivity contribution in [2.75, 3.05) is 11.9 Å². The number of aromatic amines is 1. The topological polar surface area (TPSA) is 104 Å². The number of amides is 2. The Hall–Kier alpha value is -2.82. The summed E-state index contributed by atoms with van der Waals surface area (Å²) < 4.78 is 39.6. The first kappa shape index (κ1) is 21.5. The second-order valence-corrected chi connectivity index (χ2v) is 7.16. The van der Waals surface area contributed by atoms with E-state index in [-0.39, 0.29) is 10.7 Å². The molecule has 1 heterocycles. The van der Waals surface area contributed by atoms with Gasteiger partial charge in [0.1, 0.15) is 0 Å². The molecule has 11 heteroatoms. The summed E-state index contributed by atoms with van der Waals surface area (Å²) in [6.07, 6.45) is 0. The highest BCUT2D eigenvalue weighted by Gasteiger charge is 2.19. The lowest BCUT2D eigenvalue weighted by atomic mass is 10.2. The lowest BCUT2D eigenvalue weighted by Gasteiger charge is -2.12. The molecule has 2 rings (SSSR count). The van der Waals surface area contributed by atoms with E-state index in [0.717, 1.165) is 17.8 Å². The first-order valence-electron chi connectivity index (χ1n) is 8.05. The zero-order chi connectivity index (χ0) is 21.0. The molecule has 7 nitrogen and oxygen atoms in total. The number of carbonyl (C=O) groups is 2. The van der Waals surface area contributed by atoms with Crippen molar-refractivity contribution in [3.05, 3.63) is 51.2 Å². The molecule has 0 spiro atoms. The number of aryl methyl sites for hydroxylation is 1. The molecule has 1 aromatic heterocycles. The fourth-order valence-corrected chi connectivity index (χ4v) is 2.89. The van der Waals surface area contributed by atoms with Crippen molar-refractivity contribution in [1.29, 1.82) is 0 Å². The van der Waals surface area contributed by atoms with Crippen molar-refractivity contribution >= 4 is 29.3 Å². The number of hydrogen-bond donors (Lipinski definition) is 3. The molecular formula is C17H17F3N4O3S. The lowest BCUT2D eigenvalue weighted by molar-refractivity contribution is -0.123. The van der Waals surface area contributed by atoms with E-state index in [2.05, 4.69) is 15.3 Å². The van der Waals surface area contributed by atoms with Gasteiger partial charge in [0, 0.05) is 11.3 Å². The number of H-pyrrole nitrogens is 1. The Bertz CT molecular complexity index is 981. The zero-order valence-electron chi connectivity index (χ0n) is 15.2. The molecule has 0 aliphatic rings. The van der Waals surface area contributed by atoms with Gasteiger partial charge in [-0.1, -0.05) is 11.8 Å². The van der Waals surface area contributed by atoms with E-state index in [1.54, 1.807) is 20.8 Å². The maximum atomic E-state index is 13.5. The van der Waals surface area contributed by atoms with Crippen LogP contribution in [0.1, 0.15) is 18.2 Å². The second kappa shape index (κ2) is 8.91. The minimum absolute atomic E-state index is 0.254. The number of halogens is 3. The van der Waals surface area contributed by atoms with Crippen LogP contribution in [-0.2, 0) is 9.59 Å². The number of carbonyl (C=O) groups excluding carboxylic acids is 2. The number of anilines is 1. The molecular weight excluding hydrogens is 397 g/mol. The Morgan fingerprint density at radius 3 is 2.54 bits per heavy atom. The van der Waals surface area contributed by atoms with Gasteiger partial charge in [-0.3, -0.25) is 14.4 Å². The van der Waals surface area contributed by atoms with Crippen LogP contribution in [0.15, 0.2) is 22.1 Å². The average molecular weight is 414 g/mol. The Balaban J connectivity index is 1.91. The summed E-state index contributed by atoms with van der Waals surface area (Å²) in [4.78, 5) is 42.3. The molecule has 0 radical (unpaired) electrons. The number of hydrogen-bond acceptors (Lipinski definition) is 5. The number of nitrogens with one attached hydrogen (secondary N) is 3. The summed E-state index contributed by atoms with van der Waals surface area (Å²) in [6, 6.07) is 1.54. The Labute approximate surface area is 162 Å². The molecule has 0 saturated heterocycles. The molecule has 0 fully saturated rings. The lowest BCUT2D eigenvalue weighted by Crippen LogP contribution is -2.37. The van der Waals surface area contributed by atoms with Gasteiger partial charge in [-0.2, -0.15) is 0 Å². The van der Waals surface area contributed by atoms with Crippen molar-refractivity contribution < 1.29 is 22.8 Å². The van der Waals surface area contributed by atoms with E-state index < -0.39 is 46.7 Å².